The maximum Gasteiger partial charge on any atom is 0.225 e. The van der Waals surface area contributed by atoms with Gasteiger partial charge in [0.15, 0.2) is 0 Å². The summed E-state index contributed by atoms with van der Waals surface area (Å²) in [4.78, 5) is 13.4. The van der Waals surface area contributed by atoms with Crippen molar-refractivity contribution in [3.05, 3.63) is 0 Å². The van der Waals surface area contributed by atoms with E-state index < -0.39 is 0 Å². The number of amides is 1. The van der Waals surface area contributed by atoms with E-state index in [0.717, 1.165) is 19.5 Å². The molecule has 2 aliphatic rings. The Morgan fingerprint density at radius 2 is 2.00 bits per heavy atom. The summed E-state index contributed by atoms with van der Waals surface area (Å²) >= 11 is 0. The van der Waals surface area contributed by atoms with Gasteiger partial charge in [-0.1, -0.05) is 0 Å². The van der Waals surface area contributed by atoms with Crippen LogP contribution >= 0.6 is 0 Å². The van der Waals surface area contributed by atoms with Crippen LogP contribution < -0.4 is 5.32 Å². The molecule has 2 fully saturated rings. The first-order valence-electron chi connectivity index (χ1n) is 5.08. The van der Waals surface area contributed by atoms with Crippen molar-refractivity contribution in [2.45, 2.75) is 19.3 Å². The highest BCUT2D eigenvalue weighted by molar-refractivity contribution is 5.82. The minimum Gasteiger partial charge on any atom is -0.349 e. The molecule has 0 aromatic carbocycles. The largest absolute Gasteiger partial charge is 0.349 e. The van der Waals surface area contributed by atoms with Gasteiger partial charge in [-0.2, -0.15) is 0 Å². The van der Waals surface area contributed by atoms with Gasteiger partial charge in [0.25, 0.3) is 0 Å². The molecule has 2 rings (SSSR count). The Balaban J connectivity index is 1.96. The second-order valence-corrected chi connectivity index (χ2v) is 4.60. The fourth-order valence-corrected chi connectivity index (χ4v) is 2.49. The van der Waals surface area contributed by atoms with Crippen molar-refractivity contribution < 1.29 is 4.79 Å². The molecule has 13 heavy (non-hydrogen) atoms. The highest BCUT2D eigenvalue weighted by Crippen LogP contribution is 2.58. The summed E-state index contributed by atoms with van der Waals surface area (Å²) < 4.78 is 0. The van der Waals surface area contributed by atoms with Gasteiger partial charge in [0.05, 0.1) is 0 Å². The minimum atomic E-state index is 0.335. The summed E-state index contributed by atoms with van der Waals surface area (Å²) in [5, 5.41) is 3.34. The van der Waals surface area contributed by atoms with Gasteiger partial charge in [-0.05, 0) is 37.8 Å². The Bertz CT molecular complexity index is 219. The van der Waals surface area contributed by atoms with E-state index in [-0.39, 0.29) is 0 Å². The summed E-state index contributed by atoms with van der Waals surface area (Å²) in [5.74, 6) is 0.673. The number of carbonyl (C=O) groups excluding carboxylic acids is 1. The molecule has 0 aromatic heterocycles. The van der Waals surface area contributed by atoms with Crippen LogP contribution in [0.15, 0.2) is 0 Å². The third-order valence-corrected chi connectivity index (χ3v) is 3.53. The number of nitrogens with zero attached hydrogens (tertiary/aromatic N) is 1. The lowest BCUT2D eigenvalue weighted by Gasteiger charge is -2.24. The molecule has 3 heteroatoms. The van der Waals surface area contributed by atoms with E-state index in [0.29, 0.717) is 17.2 Å². The summed E-state index contributed by atoms with van der Waals surface area (Å²) in [6.45, 7) is 2.19. The fraction of sp³-hybridized carbons (Fsp3) is 0.900. The zero-order valence-electron chi connectivity index (χ0n) is 8.47. The minimum absolute atomic E-state index is 0.335. The van der Waals surface area contributed by atoms with Crippen LogP contribution in [0.1, 0.15) is 19.3 Å². The number of hydrogen-bond acceptors (Lipinski definition) is 2. The lowest BCUT2D eigenvalue weighted by Crippen LogP contribution is -2.33. The first kappa shape index (κ1) is 9.00. The molecule has 1 heterocycles. The van der Waals surface area contributed by atoms with E-state index in [1.807, 2.05) is 14.1 Å². The van der Waals surface area contributed by atoms with Crippen LogP contribution in [0.3, 0.4) is 0 Å². The van der Waals surface area contributed by atoms with Crippen LogP contribution in [-0.2, 0) is 4.79 Å². The molecule has 74 valence electrons. The van der Waals surface area contributed by atoms with E-state index in [1.165, 1.54) is 12.8 Å². The second-order valence-electron chi connectivity index (χ2n) is 4.60. The quantitative estimate of drug-likeness (QED) is 0.639. The van der Waals surface area contributed by atoms with E-state index in [4.69, 9.17) is 0 Å². The first-order valence-corrected chi connectivity index (χ1v) is 5.08. The van der Waals surface area contributed by atoms with Crippen LogP contribution in [0.4, 0.5) is 0 Å². The van der Waals surface area contributed by atoms with Crippen molar-refractivity contribution in [3.63, 3.8) is 0 Å². The average molecular weight is 182 g/mol. The van der Waals surface area contributed by atoms with E-state index >= 15 is 0 Å². The summed E-state index contributed by atoms with van der Waals surface area (Å²) in [6, 6.07) is 0. The molecular formula is C10H18N2O. The van der Waals surface area contributed by atoms with Crippen LogP contribution in [-0.4, -0.2) is 38.0 Å². The van der Waals surface area contributed by atoms with Crippen molar-refractivity contribution in [1.29, 1.82) is 0 Å². The van der Waals surface area contributed by atoms with E-state index in [2.05, 4.69) is 5.32 Å². The van der Waals surface area contributed by atoms with Gasteiger partial charge in [-0.15, -0.1) is 0 Å². The number of rotatable bonds is 1. The van der Waals surface area contributed by atoms with Crippen molar-refractivity contribution in [2.24, 2.45) is 11.3 Å². The molecular weight excluding hydrogens is 164 g/mol. The van der Waals surface area contributed by atoms with Crippen LogP contribution in [0.2, 0.25) is 0 Å². The molecule has 1 saturated carbocycles. The van der Waals surface area contributed by atoms with Gasteiger partial charge >= 0.3 is 0 Å². The molecule has 0 bridgehead atoms. The molecule has 0 radical (unpaired) electrons. The number of piperidine rings is 1. The standard InChI is InChI=1S/C10H18N2O/c1-12(2)9(13)8-7-10(8)3-5-11-6-4-10/h8,11H,3-7H2,1-2H3/t8-/m1/s1. The highest BCUT2D eigenvalue weighted by atomic mass is 16.2. The zero-order chi connectivity index (χ0) is 9.47. The van der Waals surface area contributed by atoms with Crippen molar-refractivity contribution in [2.75, 3.05) is 27.2 Å². The lowest BCUT2D eigenvalue weighted by atomic mass is 9.91. The molecule has 0 aromatic rings. The number of carbonyl (C=O) groups is 1. The second kappa shape index (κ2) is 2.98. The predicted molar refractivity (Wildman–Crippen MR) is 51.3 cm³/mol. The first-order chi connectivity index (χ1) is 6.16. The number of hydrogen-bond donors (Lipinski definition) is 1. The van der Waals surface area contributed by atoms with Gasteiger partial charge < -0.3 is 10.2 Å². The molecule has 1 spiro atoms. The van der Waals surface area contributed by atoms with Gasteiger partial charge in [-0.25, -0.2) is 0 Å². The lowest BCUT2D eigenvalue weighted by molar-refractivity contribution is -0.131. The molecule has 0 unspecified atom stereocenters. The summed E-state index contributed by atoms with van der Waals surface area (Å²) in [6.07, 6.45) is 3.51. The van der Waals surface area contributed by atoms with E-state index in [9.17, 15) is 4.79 Å². The van der Waals surface area contributed by atoms with Crippen LogP contribution in [0.5, 0.6) is 0 Å². The van der Waals surface area contributed by atoms with Gasteiger partial charge in [0.2, 0.25) is 5.91 Å². The topological polar surface area (TPSA) is 32.3 Å². The summed E-state index contributed by atoms with van der Waals surface area (Å²) in [5.41, 5.74) is 0.395. The Morgan fingerprint density at radius 1 is 1.38 bits per heavy atom. The third kappa shape index (κ3) is 1.46. The molecule has 1 atom stereocenters. The Morgan fingerprint density at radius 3 is 2.54 bits per heavy atom. The van der Waals surface area contributed by atoms with Crippen LogP contribution in [0.25, 0.3) is 0 Å². The predicted octanol–water partition coefficient (Wildman–Crippen LogP) is 0.464. The Hall–Kier alpha value is -0.570. The average Bonchev–Trinajstić information content (AvgIpc) is 2.79. The third-order valence-electron chi connectivity index (χ3n) is 3.53. The molecule has 1 amide bonds. The summed E-state index contributed by atoms with van der Waals surface area (Å²) in [7, 11) is 3.71. The SMILES string of the molecule is CN(C)C(=O)[C@H]1CC12CCNCC2. The van der Waals surface area contributed by atoms with Gasteiger partial charge in [0, 0.05) is 20.0 Å². The zero-order valence-corrected chi connectivity index (χ0v) is 8.47. The van der Waals surface area contributed by atoms with Gasteiger partial charge in [0.1, 0.15) is 0 Å². The van der Waals surface area contributed by atoms with Gasteiger partial charge in [-0.3, -0.25) is 4.79 Å². The Labute approximate surface area is 79.5 Å². The maximum atomic E-state index is 11.7. The smallest absolute Gasteiger partial charge is 0.225 e. The number of nitrogens with one attached hydrogen (secondary N) is 1. The van der Waals surface area contributed by atoms with E-state index in [1.54, 1.807) is 4.90 Å². The molecule has 1 aliphatic carbocycles. The monoisotopic (exact) mass is 182 g/mol. The molecule has 1 saturated heterocycles. The molecule has 1 aliphatic heterocycles. The fourth-order valence-electron chi connectivity index (χ4n) is 2.49. The van der Waals surface area contributed by atoms with Crippen molar-refractivity contribution in [3.8, 4) is 0 Å². The molecule has 1 N–H and O–H groups in total. The molecule has 3 nitrogen and oxygen atoms in total. The van der Waals surface area contributed by atoms with Crippen LogP contribution in [0, 0.1) is 11.3 Å². The van der Waals surface area contributed by atoms with Crippen molar-refractivity contribution in [1.82, 2.24) is 10.2 Å². The maximum absolute atomic E-state index is 11.7. The normalized spacial score (nSPS) is 30.2. The Kier molecular flexibility index (Phi) is 2.06. The highest BCUT2D eigenvalue weighted by Gasteiger charge is 2.57. The van der Waals surface area contributed by atoms with Crippen molar-refractivity contribution >= 4 is 5.91 Å².